The van der Waals surface area contributed by atoms with E-state index in [4.69, 9.17) is 15.0 Å². The number of rotatable bonds is 5. The van der Waals surface area contributed by atoms with Gasteiger partial charge >= 0.3 is 0 Å². The minimum absolute atomic E-state index is 0.181. The molecule has 0 amide bonds. The van der Waals surface area contributed by atoms with E-state index in [1.54, 1.807) is 0 Å². The molecule has 5 heteroatoms. The van der Waals surface area contributed by atoms with E-state index in [0.29, 0.717) is 17.6 Å². The molecule has 0 N–H and O–H groups in total. The van der Waals surface area contributed by atoms with E-state index in [0.717, 1.165) is 49.7 Å². The van der Waals surface area contributed by atoms with Gasteiger partial charge in [-0.05, 0) is 52.1 Å². The molecule has 0 unspecified atom stereocenters. The summed E-state index contributed by atoms with van der Waals surface area (Å²) in [6.45, 7) is 0. The molecule has 0 saturated heterocycles. The zero-order chi connectivity index (χ0) is 37.5. The average molecular weight is 728 g/mol. The van der Waals surface area contributed by atoms with Gasteiger partial charge in [-0.25, -0.2) is 4.98 Å². The molecule has 0 atom stereocenters. The van der Waals surface area contributed by atoms with Crippen LogP contribution >= 0.6 is 0 Å². The van der Waals surface area contributed by atoms with E-state index in [9.17, 15) is 0 Å². The summed E-state index contributed by atoms with van der Waals surface area (Å²) in [4.78, 5) is 15.6. The Labute approximate surface area is 328 Å². The van der Waals surface area contributed by atoms with Gasteiger partial charge in [0.1, 0.15) is 0 Å². The number of hydrogen-bond donors (Lipinski definition) is 0. The fourth-order valence-electron chi connectivity index (χ4n) is 9.20. The third-order valence-corrected chi connectivity index (χ3v) is 11.7. The van der Waals surface area contributed by atoms with Crippen LogP contribution in [0.2, 0.25) is 0 Å². The van der Waals surface area contributed by atoms with Crippen molar-refractivity contribution >= 4 is 43.6 Å². The Bertz CT molecular complexity index is 3240. The van der Waals surface area contributed by atoms with E-state index in [2.05, 4.69) is 167 Å². The smallest absolute Gasteiger partial charge is 0.238 e. The number of benzene rings is 8. The summed E-state index contributed by atoms with van der Waals surface area (Å²) in [6.07, 6.45) is 0. The Morgan fingerprint density at radius 1 is 0.351 bits per heavy atom. The van der Waals surface area contributed by atoms with E-state index in [1.165, 1.54) is 38.6 Å². The van der Waals surface area contributed by atoms with Crippen LogP contribution in [0.25, 0.3) is 89.2 Å². The van der Waals surface area contributed by atoms with Gasteiger partial charge in [0.2, 0.25) is 5.95 Å². The van der Waals surface area contributed by atoms with Gasteiger partial charge in [-0.2, -0.15) is 9.97 Å². The summed E-state index contributed by atoms with van der Waals surface area (Å²) in [6, 6.07) is 69.1. The minimum atomic E-state index is 0.181. The number of fused-ring (bicyclic) bond motifs is 10. The molecule has 5 nitrogen and oxygen atoms in total. The van der Waals surface area contributed by atoms with Crippen LogP contribution in [0.4, 0.5) is 0 Å². The molecule has 1 aliphatic carbocycles. The summed E-state index contributed by atoms with van der Waals surface area (Å²) in [5.74, 6) is 2.01. The largest absolute Gasteiger partial charge is 0.307 e. The van der Waals surface area contributed by atoms with Gasteiger partial charge in [0, 0.05) is 44.3 Å². The first-order valence-corrected chi connectivity index (χ1v) is 19.4. The van der Waals surface area contributed by atoms with Gasteiger partial charge in [0.05, 0.1) is 22.1 Å². The van der Waals surface area contributed by atoms with Crippen LogP contribution in [0, 0.1) is 0 Å². The van der Waals surface area contributed by atoms with Crippen molar-refractivity contribution in [3.63, 3.8) is 0 Å². The Balaban J connectivity index is 1.14. The van der Waals surface area contributed by atoms with Gasteiger partial charge in [-0.15, -0.1) is 0 Å². The molecule has 11 aromatic rings. The fourth-order valence-corrected chi connectivity index (χ4v) is 9.20. The molecule has 0 radical (unpaired) electrons. The lowest BCUT2D eigenvalue weighted by Gasteiger charge is -2.16. The van der Waals surface area contributed by atoms with Gasteiger partial charge in [-0.3, -0.25) is 4.57 Å². The van der Waals surface area contributed by atoms with Crippen molar-refractivity contribution < 1.29 is 0 Å². The number of para-hydroxylation sites is 2. The van der Waals surface area contributed by atoms with Crippen LogP contribution in [0.1, 0.15) is 22.6 Å². The first kappa shape index (κ1) is 31.7. The van der Waals surface area contributed by atoms with Crippen molar-refractivity contribution in [1.29, 1.82) is 0 Å². The zero-order valence-electron chi connectivity index (χ0n) is 30.8. The van der Waals surface area contributed by atoms with E-state index in [1.807, 2.05) is 36.4 Å². The summed E-state index contributed by atoms with van der Waals surface area (Å²) in [5, 5.41) is 4.65. The predicted molar refractivity (Wildman–Crippen MR) is 232 cm³/mol. The lowest BCUT2D eigenvalue weighted by molar-refractivity contribution is 0.953. The number of hydrogen-bond acceptors (Lipinski definition) is 3. The van der Waals surface area contributed by atoms with E-state index < -0.39 is 0 Å². The Hall–Kier alpha value is -7.63. The standard InChI is InChI=1S/C52H33N5/c1-3-15-34(16-4-1)50-53-51(35-17-5-2-6-18-35)55-52(54-50)57-46-26-14-12-22-40(46)44-32-31-43-39-21-11-13-25-45(39)56(48(43)49(44)57)36-29-27-33(28-30-36)47-41-23-9-7-19-37(41)38-20-8-10-24-42(38)47/h1-32,47H. The summed E-state index contributed by atoms with van der Waals surface area (Å²) >= 11 is 0. The van der Waals surface area contributed by atoms with Crippen LogP contribution in [0.3, 0.4) is 0 Å². The number of nitrogens with zero attached hydrogens (tertiary/aromatic N) is 5. The van der Waals surface area contributed by atoms with Crippen LogP contribution < -0.4 is 0 Å². The molecule has 0 saturated carbocycles. The topological polar surface area (TPSA) is 48.5 Å². The molecule has 0 bridgehead atoms. The Kier molecular flexibility index (Phi) is 6.92. The second kappa shape index (κ2) is 12.4. The third-order valence-electron chi connectivity index (χ3n) is 11.7. The van der Waals surface area contributed by atoms with Crippen molar-refractivity contribution in [3.8, 4) is 45.5 Å². The molecule has 12 rings (SSSR count). The lowest BCUT2D eigenvalue weighted by Crippen LogP contribution is -2.07. The maximum absolute atomic E-state index is 5.26. The highest BCUT2D eigenvalue weighted by Crippen LogP contribution is 2.48. The van der Waals surface area contributed by atoms with Gasteiger partial charge in [0.25, 0.3) is 0 Å². The highest BCUT2D eigenvalue weighted by molar-refractivity contribution is 6.23. The predicted octanol–water partition coefficient (Wildman–Crippen LogP) is 12.6. The van der Waals surface area contributed by atoms with Gasteiger partial charge < -0.3 is 4.57 Å². The van der Waals surface area contributed by atoms with Crippen molar-refractivity contribution in [2.24, 2.45) is 0 Å². The van der Waals surface area contributed by atoms with E-state index >= 15 is 0 Å². The number of aromatic nitrogens is 5. The highest BCUT2D eigenvalue weighted by Gasteiger charge is 2.30. The average Bonchev–Trinajstić information content (AvgIpc) is 3.93. The molecule has 266 valence electrons. The SMILES string of the molecule is c1ccc(-c2nc(-c3ccccc3)nc(-n3c4ccccc4c4ccc5c6ccccc6n(-c6ccc(C7c8ccccc8-c8ccccc87)cc6)c5c43)n2)cc1. The summed E-state index contributed by atoms with van der Waals surface area (Å²) in [7, 11) is 0. The summed E-state index contributed by atoms with van der Waals surface area (Å²) in [5.41, 5.74) is 14.0. The Morgan fingerprint density at radius 3 is 1.37 bits per heavy atom. The molecule has 3 heterocycles. The Morgan fingerprint density at radius 2 is 0.807 bits per heavy atom. The maximum atomic E-state index is 5.26. The first-order chi connectivity index (χ1) is 28.3. The van der Waals surface area contributed by atoms with Crippen LogP contribution in [0.15, 0.2) is 194 Å². The molecule has 0 spiro atoms. The molecular formula is C52H33N5. The molecular weight excluding hydrogens is 695 g/mol. The van der Waals surface area contributed by atoms with Crippen LogP contribution in [-0.4, -0.2) is 24.1 Å². The van der Waals surface area contributed by atoms with Gasteiger partial charge in [0.15, 0.2) is 11.6 Å². The second-order valence-electron chi connectivity index (χ2n) is 14.8. The third kappa shape index (κ3) is 4.79. The van der Waals surface area contributed by atoms with Crippen molar-refractivity contribution in [2.45, 2.75) is 5.92 Å². The normalized spacial score (nSPS) is 12.5. The molecule has 3 aromatic heterocycles. The van der Waals surface area contributed by atoms with Crippen molar-refractivity contribution in [2.75, 3.05) is 0 Å². The van der Waals surface area contributed by atoms with E-state index in [-0.39, 0.29) is 5.92 Å². The van der Waals surface area contributed by atoms with Crippen LogP contribution in [0.5, 0.6) is 0 Å². The highest BCUT2D eigenvalue weighted by atomic mass is 15.2. The fraction of sp³-hybridized carbons (Fsp3) is 0.0192. The molecule has 1 aliphatic rings. The lowest BCUT2D eigenvalue weighted by atomic mass is 9.89. The van der Waals surface area contributed by atoms with Crippen molar-refractivity contribution in [1.82, 2.24) is 24.1 Å². The molecule has 8 aromatic carbocycles. The monoisotopic (exact) mass is 727 g/mol. The van der Waals surface area contributed by atoms with Gasteiger partial charge in [-0.1, -0.05) is 170 Å². The minimum Gasteiger partial charge on any atom is -0.307 e. The molecule has 57 heavy (non-hydrogen) atoms. The molecule has 0 aliphatic heterocycles. The first-order valence-electron chi connectivity index (χ1n) is 19.4. The summed E-state index contributed by atoms with van der Waals surface area (Å²) < 4.78 is 4.68. The van der Waals surface area contributed by atoms with Crippen molar-refractivity contribution in [3.05, 3.63) is 211 Å². The molecule has 0 fully saturated rings. The second-order valence-corrected chi connectivity index (χ2v) is 14.8. The maximum Gasteiger partial charge on any atom is 0.238 e. The zero-order valence-corrected chi connectivity index (χ0v) is 30.8. The quantitative estimate of drug-likeness (QED) is 0.177. The van der Waals surface area contributed by atoms with Crippen LogP contribution in [-0.2, 0) is 0 Å².